The quantitative estimate of drug-likeness (QED) is 0.901. The largest absolute Gasteiger partial charge is 0.371 e. The zero-order valence-electron chi connectivity index (χ0n) is 12.1. The van der Waals surface area contributed by atoms with Crippen LogP contribution < -0.4 is 10.6 Å². The van der Waals surface area contributed by atoms with Crippen molar-refractivity contribution in [1.82, 2.24) is 4.90 Å². The minimum absolute atomic E-state index is 0.265. The van der Waals surface area contributed by atoms with Gasteiger partial charge in [0.05, 0.1) is 0 Å². The lowest BCUT2D eigenvalue weighted by atomic mass is 9.91. The molecule has 3 nitrogen and oxygen atoms in total. The molecule has 1 aliphatic heterocycles. The summed E-state index contributed by atoms with van der Waals surface area (Å²) in [5.41, 5.74) is 10.7. The second kappa shape index (κ2) is 5.14. The number of nitrogens with two attached hydrogens (primary N) is 1. The normalized spacial score (nSPS) is 24.9. The summed E-state index contributed by atoms with van der Waals surface area (Å²) in [6.45, 7) is 3.52. The van der Waals surface area contributed by atoms with Gasteiger partial charge in [-0.1, -0.05) is 12.1 Å². The summed E-state index contributed by atoms with van der Waals surface area (Å²) in [5, 5.41) is 0. The van der Waals surface area contributed by atoms with Crippen molar-refractivity contribution in [1.29, 1.82) is 0 Å². The van der Waals surface area contributed by atoms with Gasteiger partial charge in [0.2, 0.25) is 0 Å². The number of hydrogen-bond acceptors (Lipinski definition) is 3. The van der Waals surface area contributed by atoms with E-state index in [-0.39, 0.29) is 6.04 Å². The van der Waals surface area contributed by atoms with Crippen LogP contribution in [0.25, 0.3) is 0 Å². The minimum Gasteiger partial charge on any atom is -0.371 e. The summed E-state index contributed by atoms with van der Waals surface area (Å²) in [6, 6.07) is 6.97. The molecule has 0 saturated carbocycles. The standard InChI is InChI=1S/C16H25N3/c1-18(2)8-4-9-19-10-7-12-11-14(17)13-5-3-6-15(19)16(12)13/h3,5-6,12,14H,4,7-11,17H2,1-2H3. The van der Waals surface area contributed by atoms with E-state index in [9.17, 15) is 0 Å². The summed E-state index contributed by atoms with van der Waals surface area (Å²) in [7, 11) is 4.29. The van der Waals surface area contributed by atoms with Gasteiger partial charge in [0.15, 0.2) is 0 Å². The molecule has 1 aliphatic carbocycles. The highest BCUT2D eigenvalue weighted by molar-refractivity contribution is 5.62. The van der Waals surface area contributed by atoms with Crippen molar-refractivity contribution in [3.63, 3.8) is 0 Å². The van der Waals surface area contributed by atoms with Gasteiger partial charge in [-0.05, 0) is 63.0 Å². The molecule has 0 amide bonds. The van der Waals surface area contributed by atoms with E-state index in [0.717, 1.165) is 19.5 Å². The van der Waals surface area contributed by atoms with Crippen LogP contribution in [0.5, 0.6) is 0 Å². The number of hydrogen-bond donors (Lipinski definition) is 1. The SMILES string of the molecule is CN(C)CCCN1CCC2CC(N)c3cccc1c32. The molecule has 3 rings (SSSR count). The highest BCUT2D eigenvalue weighted by Gasteiger charge is 2.34. The first-order valence-corrected chi connectivity index (χ1v) is 7.45. The van der Waals surface area contributed by atoms with Gasteiger partial charge in [0, 0.05) is 24.8 Å². The van der Waals surface area contributed by atoms with Crippen LogP contribution in [0.3, 0.4) is 0 Å². The van der Waals surface area contributed by atoms with Gasteiger partial charge in [-0.3, -0.25) is 0 Å². The summed E-state index contributed by atoms with van der Waals surface area (Å²) < 4.78 is 0. The Morgan fingerprint density at radius 1 is 1.37 bits per heavy atom. The molecule has 1 aromatic rings. The average Bonchev–Trinajstić information content (AvgIpc) is 2.71. The lowest BCUT2D eigenvalue weighted by molar-refractivity contribution is 0.398. The fourth-order valence-electron chi connectivity index (χ4n) is 3.67. The predicted octanol–water partition coefficient (Wildman–Crippen LogP) is 2.34. The van der Waals surface area contributed by atoms with Gasteiger partial charge in [-0.15, -0.1) is 0 Å². The number of nitrogens with zero attached hydrogens (tertiary/aromatic N) is 2. The van der Waals surface area contributed by atoms with Gasteiger partial charge in [0.1, 0.15) is 0 Å². The third kappa shape index (κ3) is 2.37. The maximum absolute atomic E-state index is 6.27. The third-order valence-corrected chi connectivity index (χ3v) is 4.58. The Labute approximate surface area is 116 Å². The van der Waals surface area contributed by atoms with Crippen LogP contribution >= 0.6 is 0 Å². The average molecular weight is 259 g/mol. The summed E-state index contributed by atoms with van der Waals surface area (Å²) in [5.74, 6) is 0.714. The molecule has 2 atom stereocenters. The lowest BCUT2D eigenvalue weighted by Gasteiger charge is -2.34. The van der Waals surface area contributed by atoms with Crippen LogP contribution in [0.2, 0.25) is 0 Å². The van der Waals surface area contributed by atoms with Crippen molar-refractivity contribution in [3.8, 4) is 0 Å². The van der Waals surface area contributed by atoms with E-state index < -0.39 is 0 Å². The molecule has 19 heavy (non-hydrogen) atoms. The Morgan fingerprint density at radius 3 is 3.00 bits per heavy atom. The Kier molecular flexibility index (Phi) is 3.50. The van der Waals surface area contributed by atoms with Crippen LogP contribution in [-0.4, -0.2) is 38.6 Å². The summed E-state index contributed by atoms with van der Waals surface area (Å²) >= 11 is 0. The number of rotatable bonds is 4. The molecule has 0 spiro atoms. The van der Waals surface area contributed by atoms with Crippen molar-refractivity contribution in [3.05, 3.63) is 29.3 Å². The molecule has 2 N–H and O–H groups in total. The molecule has 0 aromatic heterocycles. The van der Waals surface area contributed by atoms with Crippen molar-refractivity contribution in [2.45, 2.75) is 31.2 Å². The van der Waals surface area contributed by atoms with Crippen molar-refractivity contribution in [2.75, 3.05) is 38.6 Å². The predicted molar refractivity (Wildman–Crippen MR) is 80.7 cm³/mol. The highest BCUT2D eigenvalue weighted by atomic mass is 15.1. The molecule has 3 heteroatoms. The zero-order valence-corrected chi connectivity index (χ0v) is 12.1. The number of anilines is 1. The topological polar surface area (TPSA) is 32.5 Å². The molecule has 2 aliphatic rings. The molecular formula is C16H25N3. The Morgan fingerprint density at radius 2 is 2.21 bits per heavy atom. The molecular weight excluding hydrogens is 234 g/mol. The molecule has 0 saturated heterocycles. The van der Waals surface area contributed by atoms with Crippen molar-refractivity contribution in [2.24, 2.45) is 5.73 Å². The van der Waals surface area contributed by atoms with E-state index >= 15 is 0 Å². The van der Waals surface area contributed by atoms with Gasteiger partial charge in [-0.25, -0.2) is 0 Å². The second-order valence-corrected chi connectivity index (χ2v) is 6.25. The van der Waals surface area contributed by atoms with E-state index in [4.69, 9.17) is 5.73 Å². The highest BCUT2D eigenvalue weighted by Crippen LogP contribution is 2.48. The second-order valence-electron chi connectivity index (χ2n) is 6.25. The van der Waals surface area contributed by atoms with Crippen LogP contribution in [0.15, 0.2) is 18.2 Å². The fraction of sp³-hybridized carbons (Fsp3) is 0.625. The van der Waals surface area contributed by atoms with Crippen LogP contribution in [0.1, 0.15) is 42.3 Å². The molecule has 0 radical (unpaired) electrons. The van der Waals surface area contributed by atoms with Gasteiger partial charge < -0.3 is 15.5 Å². The first-order chi connectivity index (χ1) is 9.16. The Bertz CT molecular complexity index is 455. The van der Waals surface area contributed by atoms with E-state index in [1.54, 1.807) is 5.56 Å². The zero-order chi connectivity index (χ0) is 13.4. The fourth-order valence-corrected chi connectivity index (χ4v) is 3.67. The number of benzene rings is 1. The molecule has 1 heterocycles. The van der Waals surface area contributed by atoms with E-state index in [1.807, 2.05) is 0 Å². The van der Waals surface area contributed by atoms with Gasteiger partial charge in [0.25, 0.3) is 0 Å². The first kappa shape index (κ1) is 12.9. The van der Waals surface area contributed by atoms with Crippen molar-refractivity contribution >= 4 is 5.69 Å². The Balaban J connectivity index is 1.79. The van der Waals surface area contributed by atoms with E-state index in [0.29, 0.717) is 5.92 Å². The molecule has 1 aromatic carbocycles. The maximum Gasteiger partial charge on any atom is 0.0405 e. The van der Waals surface area contributed by atoms with Crippen molar-refractivity contribution < 1.29 is 0 Å². The first-order valence-electron chi connectivity index (χ1n) is 7.45. The Hall–Kier alpha value is -1.06. The smallest absolute Gasteiger partial charge is 0.0405 e. The third-order valence-electron chi connectivity index (χ3n) is 4.58. The molecule has 0 fully saturated rings. The van der Waals surface area contributed by atoms with Crippen LogP contribution in [-0.2, 0) is 0 Å². The lowest BCUT2D eigenvalue weighted by Crippen LogP contribution is -2.32. The van der Waals surface area contributed by atoms with E-state index in [1.165, 1.54) is 30.6 Å². The molecule has 0 bridgehead atoms. The molecule has 2 unspecified atom stereocenters. The maximum atomic E-state index is 6.27. The monoisotopic (exact) mass is 259 g/mol. The van der Waals surface area contributed by atoms with Crippen LogP contribution in [0.4, 0.5) is 5.69 Å². The van der Waals surface area contributed by atoms with E-state index in [2.05, 4.69) is 42.1 Å². The summed E-state index contributed by atoms with van der Waals surface area (Å²) in [4.78, 5) is 4.83. The van der Waals surface area contributed by atoms with Gasteiger partial charge in [-0.2, -0.15) is 0 Å². The summed E-state index contributed by atoms with van der Waals surface area (Å²) in [6.07, 6.45) is 3.66. The van der Waals surface area contributed by atoms with Gasteiger partial charge >= 0.3 is 0 Å². The molecule has 104 valence electrons. The minimum atomic E-state index is 0.265. The van der Waals surface area contributed by atoms with Crippen LogP contribution in [0, 0.1) is 0 Å².